The highest BCUT2D eigenvalue weighted by molar-refractivity contribution is 5.82. The van der Waals surface area contributed by atoms with Crippen LogP contribution in [0.4, 0.5) is 0 Å². The first-order valence-corrected chi connectivity index (χ1v) is 9.25. The van der Waals surface area contributed by atoms with Gasteiger partial charge >= 0.3 is 5.97 Å². The zero-order valence-corrected chi connectivity index (χ0v) is 17.9. The Hall–Kier alpha value is -0.660. The maximum atomic E-state index is 13.2. The van der Waals surface area contributed by atoms with Crippen molar-refractivity contribution in [1.82, 2.24) is 4.90 Å². The first-order valence-electron chi connectivity index (χ1n) is 9.25. The third kappa shape index (κ3) is 4.55. The number of piperidine rings is 1. The number of quaternary nitrogens is 1. The zero-order valence-electron chi connectivity index (χ0n) is 15.7. The first kappa shape index (κ1) is 20.6. The highest BCUT2D eigenvalue weighted by Gasteiger charge is 2.45. The third-order valence-corrected chi connectivity index (χ3v) is 5.86. The van der Waals surface area contributed by atoms with Crippen LogP contribution in [0.2, 0.25) is 0 Å². The van der Waals surface area contributed by atoms with E-state index in [0.29, 0.717) is 0 Å². The van der Waals surface area contributed by atoms with E-state index in [2.05, 4.69) is 31.1 Å². The number of carbonyl (C=O) groups excluding carboxylic acids is 1. The van der Waals surface area contributed by atoms with Crippen LogP contribution < -0.4 is 24.0 Å². The van der Waals surface area contributed by atoms with Gasteiger partial charge in [0.2, 0.25) is 0 Å². The number of ether oxygens (including phenoxy) is 1. The van der Waals surface area contributed by atoms with Crippen LogP contribution in [0.1, 0.15) is 38.2 Å². The number of likely N-dealkylation sites (tertiary alicyclic amines) is 2. The maximum absolute atomic E-state index is 13.2. The van der Waals surface area contributed by atoms with Gasteiger partial charge in [-0.25, -0.2) is 4.79 Å². The van der Waals surface area contributed by atoms with Crippen molar-refractivity contribution in [1.29, 1.82) is 0 Å². The second-order valence-corrected chi connectivity index (χ2v) is 8.12. The molecule has 0 radical (unpaired) electrons. The highest BCUT2D eigenvalue weighted by Crippen LogP contribution is 2.34. The summed E-state index contributed by atoms with van der Waals surface area (Å²) in [4.78, 5) is 15.5. The number of hydrogen-bond acceptors (Lipinski definition) is 3. The molecular weight excluding hydrogens is 427 g/mol. The summed E-state index contributed by atoms with van der Waals surface area (Å²) in [5.41, 5.74) is 0.378. The van der Waals surface area contributed by atoms with Crippen molar-refractivity contribution in [3.05, 3.63) is 35.9 Å². The van der Waals surface area contributed by atoms with Gasteiger partial charge in [0, 0.05) is 12.8 Å². The molecule has 1 aromatic carbocycles. The quantitative estimate of drug-likeness (QED) is 0.355. The van der Waals surface area contributed by atoms with Gasteiger partial charge in [0.15, 0.2) is 0 Å². The largest absolute Gasteiger partial charge is 1.00 e. The summed E-state index contributed by atoms with van der Waals surface area (Å²) in [6, 6.07) is 10.1. The Morgan fingerprint density at radius 1 is 1.12 bits per heavy atom. The molecule has 5 heteroatoms. The van der Waals surface area contributed by atoms with Gasteiger partial charge in [0.25, 0.3) is 0 Å². The van der Waals surface area contributed by atoms with Crippen molar-refractivity contribution in [3.63, 3.8) is 0 Å². The summed E-state index contributed by atoms with van der Waals surface area (Å²) < 4.78 is 7.05. The fourth-order valence-corrected chi connectivity index (χ4v) is 3.98. The second-order valence-electron chi connectivity index (χ2n) is 8.12. The van der Waals surface area contributed by atoms with Crippen LogP contribution in [0.5, 0.6) is 0 Å². The van der Waals surface area contributed by atoms with Crippen LogP contribution in [0.3, 0.4) is 0 Å². The number of halogens is 1. The van der Waals surface area contributed by atoms with Gasteiger partial charge in [-0.3, -0.25) is 4.90 Å². The van der Waals surface area contributed by atoms with Crippen molar-refractivity contribution in [2.75, 3.05) is 40.3 Å². The fraction of sp³-hybridized carbons (Fsp3) is 0.650. The van der Waals surface area contributed by atoms with Crippen LogP contribution in [0.25, 0.3) is 0 Å². The smallest absolute Gasteiger partial charge is 0.331 e. The molecule has 2 aliphatic heterocycles. The fourth-order valence-electron chi connectivity index (χ4n) is 3.98. The van der Waals surface area contributed by atoms with Gasteiger partial charge in [-0.1, -0.05) is 30.3 Å². The standard InChI is InChI=1S/C20H31N2O2.HI/c1-20(21-13-7-8-14-21,17-9-5-4-6-10-17)19(23)24-18-11-15-22(2,3)16-12-18;/h4-6,9-10,18H,7-8,11-16H2,1-3H3;1H/q+1;/p-1. The molecule has 1 aromatic rings. The van der Waals surface area contributed by atoms with Crippen LogP contribution >= 0.6 is 0 Å². The molecule has 2 heterocycles. The number of carbonyl (C=O) groups is 1. The molecule has 1 atom stereocenters. The molecule has 3 rings (SSSR count). The van der Waals surface area contributed by atoms with E-state index in [4.69, 9.17) is 4.74 Å². The Morgan fingerprint density at radius 2 is 1.68 bits per heavy atom. The SMILES string of the molecule is CC(C(=O)OC1CC[N+](C)(C)CC1)(c1ccccc1)N1CCCC1.[I-]. The summed E-state index contributed by atoms with van der Waals surface area (Å²) in [6.45, 7) is 6.12. The molecule has 0 N–H and O–H groups in total. The first-order chi connectivity index (χ1) is 11.4. The number of esters is 1. The monoisotopic (exact) mass is 458 g/mol. The van der Waals surface area contributed by atoms with E-state index in [1.165, 1.54) is 0 Å². The molecule has 0 saturated carbocycles. The molecular formula is C20H31IN2O2. The van der Waals surface area contributed by atoms with Crippen LogP contribution in [0, 0.1) is 0 Å². The lowest BCUT2D eigenvalue weighted by atomic mass is 9.90. The Kier molecular flexibility index (Phi) is 6.90. The Morgan fingerprint density at radius 3 is 2.24 bits per heavy atom. The van der Waals surface area contributed by atoms with E-state index in [-0.39, 0.29) is 36.0 Å². The lowest BCUT2D eigenvalue weighted by Crippen LogP contribution is -3.00. The van der Waals surface area contributed by atoms with Crippen LogP contribution in [0.15, 0.2) is 30.3 Å². The number of nitrogens with zero attached hydrogens (tertiary/aromatic N) is 2. The minimum atomic E-state index is -0.667. The Bertz CT molecular complexity index is 562. The summed E-state index contributed by atoms with van der Waals surface area (Å²) in [7, 11) is 4.49. The van der Waals surface area contributed by atoms with Gasteiger partial charge in [-0.15, -0.1) is 0 Å². The minimum Gasteiger partial charge on any atom is -1.00 e. The normalized spacial score (nSPS) is 23.5. The van der Waals surface area contributed by atoms with Gasteiger partial charge in [-0.05, 0) is 38.4 Å². The van der Waals surface area contributed by atoms with Crippen LogP contribution in [-0.4, -0.2) is 61.7 Å². The maximum Gasteiger partial charge on any atom is 0.331 e. The summed E-state index contributed by atoms with van der Waals surface area (Å²) in [5.74, 6) is -0.0761. The molecule has 2 aliphatic rings. The van der Waals surface area contributed by atoms with E-state index < -0.39 is 5.54 Å². The molecule has 4 nitrogen and oxygen atoms in total. The molecule has 25 heavy (non-hydrogen) atoms. The van der Waals surface area contributed by atoms with Gasteiger partial charge < -0.3 is 33.2 Å². The molecule has 0 aromatic heterocycles. The van der Waals surface area contributed by atoms with Crippen molar-refractivity contribution < 1.29 is 38.0 Å². The average Bonchev–Trinajstić information content (AvgIpc) is 3.12. The molecule has 2 fully saturated rings. The topological polar surface area (TPSA) is 29.5 Å². The number of rotatable bonds is 4. The van der Waals surface area contributed by atoms with Crippen molar-refractivity contribution in [2.24, 2.45) is 0 Å². The van der Waals surface area contributed by atoms with E-state index in [1.54, 1.807) is 0 Å². The van der Waals surface area contributed by atoms with E-state index in [1.807, 2.05) is 25.1 Å². The summed E-state index contributed by atoms with van der Waals surface area (Å²) in [6.07, 6.45) is 4.30. The van der Waals surface area contributed by atoms with Crippen LogP contribution in [-0.2, 0) is 15.1 Å². The molecule has 1 unspecified atom stereocenters. The summed E-state index contributed by atoms with van der Waals surface area (Å²) in [5, 5.41) is 0. The highest BCUT2D eigenvalue weighted by atomic mass is 127. The summed E-state index contributed by atoms with van der Waals surface area (Å²) >= 11 is 0. The second kappa shape index (κ2) is 8.35. The number of benzene rings is 1. The molecule has 0 amide bonds. The zero-order chi connectivity index (χ0) is 17.2. The lowest BCUT2D eigenvalue weighted by molar-refractivity contribution is -0.896. The van der Waals surface area contributed by atoms with Gasteiger partial charge in [0.05, 0.1) is 27.2 Å². The lowest BCUT2D eigenvalue weighted by Gasteiger charge is -2.40. The van der Waals surface area contributed by atoms with Crippen molar-refractivity contribution in [2.45, 2.75) is 44.2 Å². The average molecular weight is 458 g/mol. The van der Waals surface area contributed by atoms with E-state index in [0.717, 1.165) is 61.9 Å². The van der Waals surface area contributed by atoms with Gasteiger partial charge in [-0.2, -0.15) is 0 Å². The van der Waals surface area contributed by atoms with Gasteiger partial charge in [0.1, 0.15) is 11.6 Å². The molecule has 0 bridgehead atoms. The molecule has 2 saturated heterocycles. The van der Waals surface area contributed by atoms with Crippen molar-refractivity contribution in [3.8, 4) is 0 Å². The predicted octanol–water partition coefficient (Wildman–Crippen LogP) is -0.216. The molecule has 0 spiro atoms. The Balaban J connectivity index is 0.00000225. The van der Waals surface area contributed by atoms with E-state index in [9.17, 15) is 4.79 Å². The predicted molar refractivity (Wildman–Crippen MR) is 95.6 cm³/mol. The molecule has 140 valence electrons. The van der Waals surface area contributed by atoms with Crippen molar-refractivity contribution >= 4 is 5.97 Å². The minimum absolute atomic E-state index is 0. The number of hydrogen-bond donors (Lipinski definition) is 0. The Labute approximate surface area is 169 Å². The third-order valence-electron chi connectivity index (χ3n) is 5.86. The van der Waals surface area contributed by atoms with E-state index >= 15 is 0 Å². The molecule has 0 aliphatic carbocycles.